The molecule has 0 aliphatic heterocycles. The van der Waals surface area contributed by atoms with Crippen LogP contribution in [0.4, 0.5) is 0 Å². The molecule has 2 unspecified atom stereocenters. The SMILES string of the molecule is CCC(C)CSC(CN)c1cccc(OC)c1. The second kappa shape index (κ2) is 7.62. The number of hydrogen-bond donors (Lipinski definition) is 1. The van der Waals surface area contributed by atoms with E-state index in [2.05, 4.69) is 26.0 Å². The van der Waals surface area contributed by atoms with Crippen LogP contribution in [0.3, 0.4) is 0 Å². The van der Waals surface area contributed by atoms with Crippen molar-refractivity contribution in [3.8, 4) is 5.75 Å². The van der Waals surface area contributed by atoms with E-state index in [0.717, 1.165) is 17.4 Å². The molecule has 0 spiro atoms. The van der Waals surface area contributed by atoms with Crippen LogP contribution in [0.1, 0.15) is 31.1 Å². The van der Waals surface area contributed by atoms with Crippen molar-refractivity contribution in [1.29, 1.82) is 0 Å². The number of benzene rings is 1. The normalized spacial score (nSPS) is 14.4. The van der Waals surface area contributed by atoms with Gasteiger partial charge in [-0.1, -0.05) is 32.4 Å². The molecule has 0 radical (unpaired) electrons. The molecule has 0 saturated heterocycles. The first-order chi connectivity index (χ1) is 8.21. The Morgan fingerprint density at radius 3 is 2.76 bits per heavy atom. The number of ether oxygens (including phenoxy) is 1. The molecule has 2 N–H and O–H groups in total. The fourth-order valence-corrected chi connectivity index (χ4v) is 2.81. The summed E-state index contributed by atoms with van der Waals surface area (Å²) in [7, 11) is 1.70. The quantitative estimate of drug-likeness (QED) is 0.808. The fourth-order valence-electron chi connectivity index (χ4n) is 1.54. The van der Waals surface area contributed by atoms with E-state index in [1.54, 1.807) is 7.11 Å². The van der Waals surface area contributed by atoms with E-state index in [9.17, 15) is 0 Å². The van der Waals surface area contributed by atoms with Gasteiger partial charge in [0.2, 0.25) is 0 Å². The Morgan fingerprint density at radius 2 is 2.18 bits per heavy atom. The van der Waals surface area contributed by atoms with Crippen molar-refractivity contribution in [3.05, 3.63) is 29.8 Å². The lowest BCUT2D eigenvalue weighted by Crippen LogP contribution is -2.11. The van der Waals surface area contributed by atoms with Gasteiger partial charge in [0.15, 0.2) is 0 Å². The summed E-state index contributed by atoms with van der Waals surface area (Å²) in [4.78, 5) is 0. The number of rotatable bonds is 7. The highest BCUT2D eigenvalue weighted by Crippen LogP contribution is 2.31. The summed E-state index contributed by atoms with van der Waals surface area (Å²) in [5, 5.41) is 0.374. The highest BCUT2D eigenvalue weighted by molar-refractivity contribution is 7.99. The van der Waals surface area contributed by atoms with Crippen molar-refractivity contribution in [2.75, 3.05) is 19.4 Å². The van der Waals surface area contributed by atoms with E-state index in [-0.39, 0.29) is 0 Å². The van der Waals surface area contributed by atoms with Gasteiger partial charge >= 0.3 is 0 Å². The molecule has 2 atom stereocenters. The van der Waals surface area contributed by atoms with Crippen LogP contribution in [0.15, 0.2) is 24.3 Å². The van der Waals surface area contributed by atoms with Crippen LogP contribution in [-0.4, -0.2) is 19.4 Å². The summed E-state index contributed by atoms with van der Waals surface area (Å²) in [5.41, 5.74) is 7.13. The lowest BCUT2D eigenvalue weighted by atomic mass is 10.1. The van der Waals surface area contributed by atoms with E-state index in [1.807, 2.05) is 23.9 Å². The molecular weight excluding hydrogens is 230 g/mol. The average molecular weight is 253 g/mol. The molecule has 0 heterocycles. The first kappa shape index (κ1) is 14.4. The van der Waals surface area contributed by atoms with Crippen molar-refractivity contribution in [1.82, 2.24) is 0 Å². The third-order valence-corrected chi connectivity index (χ3v) is 4.59. The smallest absolute Gasteiger partial charge is 0.119 e. The van der Waals surface area contributed by atoms with Crippen LogP contribution < -0.4 is 10.5 Å². The Balaban J connectivity index is 2.65. The van der Waals surface area contributed by atoms with Gasteiger partial charge in [-0.15, -0.1) is 0 Å². The maximum atomic E-state index is 5.86. The van der Waals surface area contributed by atoms with E-state index >= 15 is 0 Å². The molecule has 96 valence electrons. The van der Waals surface area contributed by atoms with E-state index in [0.29, 0.717) is 11.8 Å². The lowest BCUT2D eigenvalue weighted by Gasteiger charge is -2.17. The minimum absolute atomic E-state index is 0.374. The van der Waals surface area contributed by atoms with Gasteiger partial charge in [-0.3, -0.25) is 0 Å². The van der Waals surface area contributed by atoms with E-state index in [1.165, 1.54) is 12.0 Å². The van der Waals surface area contributed by atoms with Crippen LogP contribution in [-0.2, 0) is 0 Å². The summed E-state index contributed by atoms with van der Waals surface area (Å²) >= 11 is 1.95. The fraction of sp³-hybridized carbons (Fsp3) is 0.571. The molecule has 3 heteroatoms. The number of thioether (sulfide) groups is 1. The topological polar surface area (TPSA) is 35.2 Å². The third-order valence-electron chi connectivity index (χ3n) is 2.96. The molecule has 17 heavy (non-hydrogen) atoms. The van der Waals surface area contributed by atoms with Crippen LogP contribution in [0, 0.1) is 5.92 Å². The average Bonchev–Trinajstić information content (AvgIpc) is 2.39. The first-order valence-corrected chi connectivity index (χ1v) is 7.21. The van der Waals surface area contributed by atoms with Crippen molar-refractivity contribution >= 4 is 11.8 Å². The van der Waals surface area contributed by atoms with Crippen molar-refractivity contribution in [2.24, 2.45) is 11.7 Å². The molecule has 0 aliphatic rings. The standard InChI is InChI=1S/C14H23NOS/c1-4-11(2)10-17-14(9-15)12-6-5-7-13(8-12)16-3/h5-8,11,14H,4,9-10,15H2,1-3H3. The number of hydrogen-bond acceptors (Lipinski definition) is 3. The monoisotopic (exact) mass is 253 g/mol. The Hall–Kier alpha value is -0.670. The summed E-state index contributed by atoms with van der Waals surface area (Å²) in [6.07, 6.45) is 1.22. The Kier molecular flexibility index (Phi) is 6.45. The van der Waals surface area contributed by atoms with Crippen LogP contribution in [0.5, 0.6) is 5.75 Å². The van der Waals surface area contributed by atoms with Crippen molar-refractivity contribution < 1.29 is 4.74 Å². The van der Waals surface area contributed by atoms with E-state index in [4.69, 9.17) is 10.5 Å². The second-order valence-corrected chi connectivity index (χ2v) is 5.58. The van der Waals surface area contributed by atoms with Gasteiger partial charge in [-0.05, 0) is 29.4 Å². The van der Waals surface area contributed by atoms with Crippen LogP contribution >= 0.6 is 11.8 Å². The molecule has 1 aromatic carbocycles. The predicted octanol–water partition coefficient (Wildman–Crippen LogP) is 3.47. The number of methoxy groups -OCH3 is 1. The van der Waals surface area contributed by atoms with Gasteiger partial charge in [0.25, 0.3) is 0 Å². The van der Waals surface area contributed by atoms with Gasteiger partial charge in [-0.25, -0.2) is 0 Å². The summed E-state index contributed by atoms with van der Waals surface area (Å²) in [6.45, 7) is 5.19. The Morgan fingerprint density at radius 1 is 1.41 bits per heavy atom. The molecule has 0 fully saturated rings. The zero-order valence-corrected chi connectivity index (χ0v) is 11.8. The molecule has 0 aliphatic carbocycles. The third kappa shape index (κ3) is 4.60. The molecule has 2 nitrogen and oxygen atoms in total. The van der Waals surface area contributed by atoms with Crippen molar-refractivity contribution in [3.63, 3.8) is 0 Å². The maximum Gasteiger partial charge on any atom is 0.119 e. The summed E-state index contributed by atoms with van der Waals surface area (Å²) in [6, 6.07) is 8.21. The second-order valence-electron chi connectivity index (χ2n) is 4.35. The molecule has 0 saturated carbocycles. The van der Waals surface area contributed by atoms with Crippen LogP contribution in [0.2, 0.25) is 0 Å². The lowest BCUT2D eigenvalue weighted by molar-refractivity contribution is 0.414. The van der Waals surface area contributed by atoms with E-state index < -0.39 is 0 Å². The predicted molar refractivity (Wildman–Crippen MR) is 76.7 cm³/mol. The summed E-state index contributed by atoms with van der Waals surface area (Å²) in [5.74, 6) is 2.82. The highest BCUT2D eigenvalue weighted by atomic mass is 32.2. The van der Waals surface area contributed by atoms with Gasteiger partial charge in [0.1, 0.15) is 5.75 Å². The molecule has 0 amide bonds. The minimum atomic E-state index is 0.374. The number of nitrogens with two attached hydrogens (primary N) is 1. The van der Waals surface area contributed by atoms with Gasteiger partial charge in [-0.2, -0.15) is 11.8 Å². The minimum Gasteiger partial charge on any atom is -0.497 e. The molecule has 0 bridgehead atoms. The van der Waals surface area contributed by atoms with Gasteiger partial charge in [0.05, 0.1) is 7.11 Å². The largest absolute Gasteiger partial charge is 0.497 e. The zero-order valence-electron chi connectivity index (χ0n) is 11.0. The Labute approximate surface area is 109 Å². The molecule has 1 rings (SSSR count). The Bertz CT molecular complexity index is 330. The first-order valence-electron chi connectivity index (χ1n) is 6.16. The zero-order chi connectivity index (χ0) is 12.7. The van der Waals surface area contributed by atoms with Crippen LogP contribution in [0.25, 0.3) is 0 Å². The maximum absolute atomic E-state index is 5.86. The summed E-state index contributed by atoms with van der Waals surface area (Å²) < 4.78 is 5.25. The molecule has 0 aromatic heterocycles. The highest BCUT2D eigenvalue weighted by Gasteiger charge is 2.12. The van der Waals surface area contributed by atoms with Gasteiger partial charge < -0.3 is 10.5 Å². The molecular formula is C14H23NOS. The van der Waals surface area contributed by atoms with Gasteiger partial charge in [0, 0.05) is 11.8 Å². The van der Waals surface area contributed by atoms with Crippen molar-refractivity contribution in [2.45, 2.75) is 25.5 Å². The molecule has 1 aromatic rings.